The standard InChI is InChI=1S/C21H24N4O/c1-15(19-24-17-9-3-4-10-18(17)25(19)2)23-20(26)21(11-5-6-12-21)16-8-7-13-22-14-16/h3-4,7-10,13-15H,5-6,11-12H2,1-2H3,(H,23,26). The third-order valence-electron chi connectivity index (χ3n) is 5.66. The number of nitrogens with one attached hydrogen (secondary N) is 1. The van der Waals surface area contributed by atoms with Crippen LogP contribution in [0.25, 0.3) is 11.0 Å². The first-order chi connectivity index (χ1) is 12.6. The van der Waals surface area contributed by atoms with E-state index >= 15 is 0 Å². The Labute approximate surface area is 153 Å². The third kappa shape index (κ3) is 2.68. The number of nitrogens with zero attached hydrogens (tertiary/aromatic N) is 3. The minimum absolute atomic E-state index is 0.0857. The zero-order chi connectivity index (χ0) is 18.1. The number of rotatable bonds is 4. The molecule has 0 saturated heterocycles. The summed E-state index contributed by atoms with van der Waals surface area (Å²) in [6, 6.07) is 11.8. The summed E-state index contributed by atoms with van der Waals surface area (Å²) < 4.78 is 2.06. The number of aromatic nitrogens is 3. The molecular formula is C21H24N4O. The summed E-state index contributed by atoms with van der Waals surface area (Å²) in [5.41, 5.74) is 2.58. The first kappa shape index (κ1) is 16.8. The number of imidazole rings is 1. The van der Waals surface area contributed by atoms with Gasteiger partial charge in [-0.1, -0.05) is 31.0 Å². The molecule has 1 atom stereocenters. The molecule has 1 aliphatic carbocycles. The van der Waals surface area contributed by atoms with Crippen molar-refractivity contribution >= 4 is 16.9 Å². The molecule has 2 aromatic heterocycles. The SMILES string of the molecule is CC(NC(=O)C1(c2cccnc2)CCCC1)c1nc2ccccc2n1C. The van der Waals surface area contributed by atoms with Gasteiger partial charge in [0.15, 0.2) is 0 Å². The predicted octanol–water partition coefficient (Wildman–Crippen LogP) is 3.66. The van der Waals surface area contributed by atoms with Gasteiger partial charge in [-0.05, 0) is 43.5 Å². The van der Waals surface area contributed by atoms with E-state index in [4.69, 9.17) is 4.98 Å². The smallest absolute Gasteiger partial charge is 0.231 e. The first-order valence-electron chi connectivity index (χ1n) is 9.25. The highest BCUT2D eigenvalue weighted by Crippen LogP contribution is 2.41. The molecule has 0 bridgehead atoms. The molecule has 5 nitrogen and oxygen atoms in total. The molecule has 5 heteroatoms. The Bertz CT molecular complexity index is 926. The average molecular weight is 348 g/mol. The van der Waals surface area contributed by atoms with Crippen molar-refractivity contribution in [2.45, 2.75) is 44.1 Å². The molecule has 1 saturated carbocycles. The van der Waals surface area contributed by atoms with Crippen molar-refractivity contribution in [2.75, 3.05) is 0 Å². The summed E-state index contributed by atoms with van der Waals surface area (Å²) in [6.45, 7) is 2.00. The van der Waals surface area contributed by atoms with Gasteiger partial charge in [0.25, 0.3) is 0 Å². The number of fused-ring (bicyclic) bond motifs is 1. The molecule has 134 valence electrons. The lowest BCUT2D eigenvalue weighted by Crippen LogP contribution is -2.44. The number of carbonyl (C=O) groups is 1. The summed E-state index contributed by atoms with van der Waals surface area (Å²) in [4.78, 5) is 22.3. The van der Waals surface area contributed by atoms with Crippen LogP contribution >= 0.6 is 0 Å². The minimum atomic E-state index is -0.465. The largest absolute Gasteiger partial charge is 0.346 e. The number of benzene rings is 1. The van der Waals surface area contributed by atoms with E-state index in [1.807, 2.05) is 50.5 Å². The van der Waals surface area contributed by atoms with Gasteiger partial charge < -0.3 is 9.88 Å². The number of para-hydroxylation sites is 2. The lowest BCUT2D eigenvalue weighted by Gasteiger charge is -2.29. The highest BCUT2D eigenvalue weighted by molar-refractivity contribution is 5.89. The van der Waals surface area contributed by atoms with E-state index in [1.54, 1.807) is 6.20 Å². The van der Waals surface area contributed by atoms with E-state index in [1.165, 1.54) is 0 Å². The molecule has 0 spiro atoms. The van der Waals surface area contributed by atoms with Gasteiger partial charge in [-0.2, -0.15) is 0 Å². The van der Waals surface area contributed by atoms with Crippen molar-refractivity contribution in [1.82, 2.24) is 19.9 Å². The fraction of sp³-hybridized carbons (Fsp3) is 0.381. The number of hydrogen-bond acceptors (Lipinski definition) is 3. The van der Waals surface area contributed by atoms with Crippen LogP contribution in [0, 0.1) is 0 Å². The highest BCUT2D eigenvalue weighted by Gasteiger charge is 2.43. The number of aryl methyl sites for hydroxylation is 1. The molecule has 1 aromatic carbocycles. The van der Waals surface area contributed by atoms with E-state index in [-0.39, 0.29) is 11.9 Å². The van der Waals surface area contributed by atoms with Gasteiger partial charge in [-0.25, -0.2) is 4.98 Å². The van der Waals surface area contributed by atoms with Crippen LogP contribution in [0.1, 0.15) is 50.0 Å². The number of hydrogen-bond donors (Lipinski definition) is 1. The van der Waals surface area contributed by atoms with Crippen molar-refractivity contribution in [3.63, 3.8) is 0 Å². The fourth-order valence-electron chi connectivity index (χ4n) is 4.22. The van der Waals surface area contributed by atoms with Gasteiger partial charge in [-0.15, -0.1) is 0 Å². The second-order valence-corrected chi connectivity index (χ2v) is 7.24. The monoisotopic (exact) mass is 348 g/mol. The molecular weight excluding hydrogens is 324 g/mol. The molecule has 1 unspecified atom stereocenters. The van der Waals surface area contributed by atoms with Crippen LogP contribution in [-0.2, 0) is 17.3 Å². The average Bonchev–Trinajstić information content (AvgIpc) is 3.29. The van der Waals surface area contributed by atoms with Crippen LogP contribution in [0.5, 0.6) is 0 Å². The topological polar surface area (TPSA) is 59.8 Å². The molecule has 2 heterocycles. The van der Waals surface area contributed by atoms with E-state index in [0.29, 0.717) is 0 Å². The van der Waals surface area contributed by atoms with E-state index in [2.05, 4.69) is 20.9 Å². The summed E-state index contributed by atoms with van der Waals surface area (Å²) in [7, 11) is 2.00. The van der Waals surface area contributed by atoms with E-state index in [9.17, 15) is 4.79 Å². The minimum Gasteiger partial charge on any atom is -0.346 e. The maximum absolute atomic E-state index is 13.3. The van der Waals surface area contributed by atoms with Gasteiger partial charge in [0.2, 0.25) is 5.91 Å². The highest BCUT2D eigenvalue weighted by atomic mass is 16.2. The summed E-state index contributed by atoms with van der Waals surface area (Å²) in [5.74, 6) is 0.960. The quantitative estimate of drug-likeness (QED) is 0.783. The van der Waals surface area contributed by atoms with Crippen molar-refractivity contribution in [3.8, 4) is 0 Å². The first-order valence-corrected chi connectivity index (χ1v) is 9.25. The Morgan fingerprint density at radius 3 is 2.65 bits per heavy atom. The summed E-state index contributed by atoms with van der Waals surface area (Å²) in [6.07, 6.45) is 7.49. The van der Waals surface area contributed by atoms with Crippen LogP contribution in [0.4, 0.5) is 0 Å². The summed E-state index contributed by atoms with van der Waals surface area (Å²) >= 11 is 0. The molecule has 3 aromatic rings. The van der Waals surface area contributed by atoms with Crippen LogP contribution in [0.2, 0.25) is 0 Å². The normalized spacial score (nSPS) is 17.3. The number of pyridine rings is 1. The lowest BCUT2D eigenvalue weighted by molar-refractivity contribution is -0.127. The van der Waals surface area contributed by atoms with Crippen LogP contribution in [-0.4, -0.2) is 20.4 Å². The van der Waals surface area contributed by atoms with Crippen molar-refractivity contribution in [1.29, 1.82) is 0 Å². The molecule has 1 fully saturated rings. The molecule has 1 aliphatic rings. The Balaban J connectivity index is 1.63. The van der Waals surface area contributed by atoms with Crippen molar-refractivity contribution in [2.24, 2.45) is 7.05 Å². The van der Waals surface area contributed by atoms with E-state index < -0.39 is 5.41 Å². The molecule has 26 heavy (non-hydrogen) atoms. The fourth-order valence-corrected chi connectivity index (χ4v) is 4.22. The van der Waals surface area contributed by atoms with Gasteiger partial charge >= 0.3 is 0 Å². The molecule has 0 aliphatic heterocycles. The van der Waals surface area contributed by atoms with E-state index in [0.717, 1.165) is 48.1 Å². The van der Waals surface area contributed by atoms with Gasteiger partial charge in [0.05, 0.1) is 22.5 Å². The number of amides is 1. The second kappa shape index (κ2) is 6.56. The van der Waals surface area contributed by atoms with Crippen LogP contribution in [0.3, 0.4) is 0 Å². The van der Waals surface area contributed by atoms with Crippen LogP contribution < -0.4 is 5.32 Å². The van der Waals surface area contributed by atoms with Gasteiger partial charge in [0.1, 0.15) is 5.82 Å². The Morgan fingerprint density at radius 2 is 1.96 bits per heavy atom. The molecule has 0 radical (unpaired) electrons. The number of carbonyl (C=O) groups excluding carboxylic acids is 1. The molecule has 1 N–H and O–H groups in total. The van der Waals surface area contributed by atoms with Crippen molar-refractivity contribution < 1.29 is 4.79 Å². The zero-order valence-electron chi connectivity index (χ0n) is 15.3. The molecule has 4 rings (SSSR count). The third-order valence-corrected chi connectivity index (χ3v) is 5.66. The maximum Gasteiger partial charge on any atom is 0.231 e. The Hall–Kier alpha value is -2.69. The van der Waals surface area contributed by atoms with Gasteiger partial charge in [-0.3, -0.25) is 9.78 Å². The Morgan fingerprint density at radius 1 is 1.19 bits per heavy atom. The zero-order valence-corrected chi connectivity index (χ0v) is 15.3. The second-order valence-electron chi connectivity index (χ2n) is 7.24. The lowest BCUT2D eigenvalue weighted by atomic mass is 9.78. The summed E-state index contributed by atoms with van der Waals surface area (Å²) in [5, 5.41) is 3.23. The Kier molecular flexibility index (Phi) is 4.23. The van der Waals surface area contributed by atoms with Crippen molar-refractivity contribution in [3.05, 3.63) is 60.2 Å². The van der Waals surface area contributed by atoms with Crippen LogP contribution in [0.15, 0.2) is 48.8 Å². The molecule has 1 amide bonds. The predicted molar refractivity (Wildman–Crippen MR) is 102 cm³/mol. The van der Waals surface area contributed by atoms with Gasteiger partial charge in [0, 0.05) is 19.4 Å². The maximum atomic E-state index is 13.3.